The predicted molar refractivity (Wildman–Crippen MR) is 98.8 cm³/mol. The van der Waals surface area contributed by atoms with E-state index in [0.717, 1.165) is 37.0 Å². The zero-order valence-corrected chi connectivity index (χ0v) is 15.4. The predicted octanol–water partition coefficient (Wildman–Crippen LogP) is 2.38. The monoisotopic (exact) mass is 357 g/mol. The van der Waals surface area contributed by atoms with Gasteiger partial charge in [0.15, 0.2) is 0 Å². The van der Waals surface area contributed by atoms with Gasteiger partial charge < -0.3 is 15.2 Å². The third-order valence-corrected chi connectivity index (χ3v) is 5.05. The molecule has 1 atom stereocenters. The number of ether oxygens (including phenoxy) is 1. The second-order valence-corrected chi connectivity index (χ2v) is 7.08. The number of carbonyl (C=O) groups excluding carboxylic acids is 1. The van der Waals surface area contributed by atoms with Crippen LogP contribution < -0.4 is 10.1 Å². The minimum atomic E-state index is -0.244. The molecule has 0 bridgehead atoms. The van der Waals surface area contributed by atoms with Crippen molar-refractivity contribution in [2.24, 2.45) is 13.0 Å². The highest BCUT2D eigenvalue weighted by molar-refractivity contribution is 5.76. The van der Waals surface area contributed by atoms with Crippen molar-refractivity contribution in [2.45, 2.75) is 44.2 Å². The van der Waals surface area contributed by atoms with Crippen molar-refractivity contribution in [3.63, 3.8) is 0 Å². The zero-order chi connectivity index (χ0) is 18.5. The molecule has 1 saturated carbocycles. The summed E-state index contributed by atoms with van der Waals surface area (Å²) in [6, 6.07) is 7.88. The Balaban J connectivity index is 1.51. The first-order valence-corrected chi connectivity index (χ1v) is 9.14. The minimum Gasteiger partial charge on any atom is -0.497 e. The topological polar surface area (TPSA) is 76.4 Å². The molecule has 1 aromatic carbocycles. The van der Waals surface area contributed by atoms with E-state index in [9.17, 15) is 9.90 Å². The van der Waals surface area contributed by atoms with Gasteiger partial charge >= 0.3 is 0 Å². The van der Waals surface area contributed by atoms with Crippen LogP contribution in [0.2, 0.25) is 0 Å². The van der Waals surface area contributed by atoms with Gasteiger partial charge in [0.2, 0.25) is 5.91 Å². The standard InChI is InChI=1S/C20H27N3O3/c1-23-13-16(12-21-23)20(15-10-17(24)11-15)22-19(25)5-3-4-14-6-8-18(26-2)9-7-14/h6-9,12-13,15,17,20,24H,3-5,10-11H2,1-2H3,(H,22,25). The molecule has 140 valence electrons. The lowest BCUT2D eigenvalue weighted by atomic mass is 9.75. The fraction of sp³-hybridized carbons (Fsp3) is 0.500. The van der Waals surface area contributed by atoms with Gasteiger partial charge in [-0.25, -0.2) is 0 Å². The van der Waals surface area contributed by atoms with Crippen LogP contribution in [0.1, 0.15) is 42.9 Å². The Morgan fingerprint density at radius 1 is 1.38 bits per heavy atom. The number of nitrogens with one attached hydrogen (secondary N) is 1. The van der Waals surface area contributed by atoms with Crippen LogP contribution in [0.15, 0.2) is 36.7 Å². The fourth-order valence-electron chi connectivity index (χ4n) is 3.47. The van der Waals surface area contributed by atoms with E-state index in [1.54, 1.807) is 18.0 Å². The van der Waals surface area contributed by atoms with Gasteiger partial charge in [0, 0.05) is 25.2 Å². The van der Waals surface area contributed by atoms with Crippen molar-refractivity contribution in [2.75, 3.05) is 7.11 Å². The molecule has 1 aliphatic carbocycles. The summed E-state index contributed by atoms with van der Waals surface area (Å²) in [5.74, 6) is 1.17. The average Bonchev–Trinajstić information content (AvgIpc) is 3.04. The molecule has 2 aromatic rings. The molecule has 1 amide bonds. The Labute approximate surface area is 154 Å². The molecular formula is C20H27N3O3. The maximum absolute atomic E-state index is 12.4. The van der Waals surface area contributed by atoms with Gasteiger partial charge in [-0.15, -0.1) is 0 Å². The number of aromatic nitrogens is 2. The van der Waals surface area contributed by atoms with Gasteiger partial charge in [-0.3, -0.25) is 9.48 Å². The van der Waals surface area contributed by atoms with Crippen LogP contribution in [0.25, 0.3) is 0 Å². The second-order valence-electron chi connectivity index (χ2n) is 7.08. The average molecular weight is 357 g/mol. The summed E-state index contributed by atoms with van der Waals surface area (Å²) in [6.07, 6.45) is 7.09. The number of benzene rings is 1. The number of aliphatic hydroxyl groups excluding tert-OH is 1. The minimum absolute atomic E-state index is 0.0498. The fourth-order valence-corrected chi connectivity index (χ4v) is 3.47. The maximum atomic E-state index is 12.4. The van der Waals surface area contributed by atoms with Crippen molar-refractivity contribution in [1.82, 2.24) is 15.1 Å². The number of methoxy groups -OCH3 is 1. The number of aryl methyl sites for hydroxylation is 2. The summed E-state index contributed by atoms with van der Waals surface area (Å²) < 4.78 is 6.90. The molecule has 6 heteroatoms. The summed E-state index contributed by atoms with van der Waals surface area (Å²) in [4.78, 5) is 12.4. The molecule has 1 heterocycles. The van der Waals surface area contributed by atoms with Gasteiger partial charge in [-0.2, -0.15) is 5.10 Å². The first kappa shape index (κ1) is 18.5. The van der Waals surface area contributed by atoms with Gasteiger partial charge in [-0.05, 0) is 49.3 Å². The Kier molecular flexibility index (Phi) is 5.93. The van der Waals surface area contributed by atoms with Crippen LogP contribution in [0.4, 0.5) is 0 Å². The van der Waals surface area contributed by atoms with Crippen LogP contribution in [0, 0.1) is 5.92 Å². The van der Waals surface area contributed by atoms with Crippen LogP contribution in [-0.2, 0) is 18.3 Å². The van der Waals surface area contributed by atoms with Crippen LogP contribution in [-0.4, -0.2) is 34.0 Å². The van der Waals surface area contributed by atoms with E-state index in [-0.39, 0.29) is 24.0 Å². The number of hydrogen-bond donors (Lipinski definition) is 2. The summed E-state index contributed by atoms with van der Waals surface area (Å²) in [5, 5.41) is 17.0. The molecule has 1 aliphatic rings. The Bertz CT molecular complexity index is 720. The number of aliphatic hydroxyl groups is 1. The van der Waals surface area contributed by atoms with Crippen molar-refractivity contribution >= 4 is 5.91 Å². The smallest absolute Gasteiger partial charge is 0.220 e. The van der Waals surface area contributed by atoms with E-state index >= 15 is 0 Å². The largest absolute Gasteiger partial charge is 0.497 e. The molecule has 1 unspecified atom stereocenters. The van der Waals surface area contributed by atoms with E-state index in [0.29, 0.717) is 6.42 Å². The highest BCUT2D eigenvalue weighted by atomic mass is 16.5. The molecule has 0 spiro atoms. The zero-order valence-electron chi connectivity index (χ0n) is 15.4. The number of amides is 1. The van der Waals surface area contributed by atoms with Crippen LogP contribution in [0.5, 0.6) is 5.75 Å². The molecule has 0 saturated heterocycles. The molecular weight excluding hydrogens is 330 g/mol. The van der Waals surface area contributed by atoms with Crippen LogP contribution >= 0.6 is 0 Å². The second kappa shape index (κ2) is 8.36. The van der Waals surface area contributed by atoms with E-state index in [1.807, 2.05) is 37.5 Å². The molecule has 0 aliphatic heterocycles. The Morgan fingerprint density at radius 3 is 2.69 bits per heavy atom. The lowest BCUT2D eigenvalue weighted by molar-refractivity contribution is -0.123. The summed E-state index contributed by atoms with van der Waals surface area (Å²) >= 11 is 0. The van der Waals surface area contributed by atoms with Gasteiger partial charge in [-0.1, -0.05) is 12.1 Å². The molecule has 6 nitrogen and oxygen atoms in total. The molecule has 3 rings (SSSR count). The van der Waals surface area contributed by atoms with E-state index in [2.05, 4.69) is 10.4 Å². The van der Waals surface area contributed by atoms with Gasteiger partial charge in [0.25, 0.3) is 0 Å². The van der Waals surface area contributed by atoms with Crippen LogP contribution in [0.3, 0.4) is 0 Å². The van der Waals surface area contributed by atoms with Gasteiger partial charge in [0.05, 0.1) is 25.5 Å². The van der Waals surface area contributed by atoms with Crippen molar-refractivity contribution in [3.8, 4) is 5.75 Å². The quantitative estimate of drug-likeness (QED) is 0.760. The molecule has 2 N–H and O–H groups in total. The Hall–Kier alpha value is -2.34. The SMILES string of the molecule is COc1ccc(CCCC(=O)NC(c2cnn(C)c2)C2CC(O)C2)cc1. The third-order valence-electron chi connectivity index (χ3n) is 5.05. The first-order valence-electron chi connectivity index (χ1n) is 9.14. The number of hydrogen-bond acceptors (Lipinski definition) is 4. The molecule has 1 aromatic heterocycles. The Morgan fingerprint density at radius 2 is 2.12 bits per heavy atom. The lowest BCUT2D eigenvalue weighted by Gasteiger charge is -2.37. The highest BCUT2D eigenvalue weighted by Crippen LogP contribution is 2.38. The third kappa shape index (κ3) is 4.64. The van der Waals surface area contributed by atoms with Crippen molar-refractivity contribution in [1.29, 1.82) is 0 Å². The van der Waals surface area contributed by atoms with Crippen molar-refractivity contribution < 1.29 is 14.6 Å². The first-order chi connectivity index (χ1) is 12.5. The maximum Gasteiger partial charge on any atom is 0.220 e. The lowest BCUT2D eigenvalue weighted by Crippen LogP contribution is -2.41. The van der Waals surface area contributed by atoms with E-state index in [1.165, 1.54) is 5.56 Å². The van der Waals surface area contributed by atoms with Gasteiger partial charge in [0.1, 0.15) is 5.75 Å². The number of carbonyl (C=O) groups is 1. The normalized spacial score (nSPS) is 20.3. The summed E-state index contributed by atoms with van der Waals surface area (Å²) in [5.41, 5.74) is 2.21. The summed E-state index contributed by atoms with van der Waals surface area (Å²) in [6.45, 7) is 0. The van der Waals surface area contributed by atoms with E-state index in [4.69, 9.17) is 4.74 Å². The van der Waals surface area contributed by atoms with Crippen molar-refractivity contribution in [3.05, 3.63) is 47.8 Å². The molecule has 26 heavy (non-hydrogen) atoms. The highest BCUT2D eigenvalue weighted by Gasteiger charge is 2.36. The summed E-state index contributed by atoms with van der Waals surface area (Å²) in [7, 11) is 3.52. The van der Waals surface area contributed by atoms with E-state index < -0.39 is 0 Å². The molecule has 0 radical (unpaired) electrons. The molecule has 1 fully saturated rings. The number of rotatable bonds is 8. The number of nitrogens with zero attached hydrogens (tertiary/aromatic N) is 2.